The first-order valence-corrected chi connectivity index (χ1v) is 13.7. The van der Waals surface area contributed by atoms with Crippen LogP contribution in [0.15, 0.2) is 66.7 Å². The molecule has 0 radical (unpaired) electrons. The highest BCUT2D eigenvalue weighted by Crippen LogP contribution is 2.42. The fourth-order valence-corrected chi connectivity index (χ4v) is 5.20. The first-order valence-electron chi connectivity index (χ1n) is 12.5. The van der Waals surface area contributed by atoms with Gasteiger partial charge in [-0.05, 0) is 23.3 Å². The number of hydrogen-bond donors (Lipinski definition) is 4. The number of aliphatic hydroxyl groups excluding tert-OH is 2. The lowest BCUT2D eigenvalue weighted by Crippen LogP contribution is -2.18. The quantitative estimate of drug-likeness (QED) is 0.148. The summed E-state index contributed by atoms with van der Waals surface area (Å²) in [7, 11) is 1.58. The first kappa shape index (κ1) is 29.3. The van der Waals surface area contributed by atoms with Gasteiger partial charge >= 0.3 is 0 Å². The molecular formula is C30H30Cl3N3O3. The highest BCUT2D eigenvalue weighted by Gasteiger charge is 2.17. The Balaban J connectivity index is 1.68. The molecule has 1 heterocycles. The number of rotatable bonds is 12. The van der Waals surface area contributed by atoms with Crippen LogP contribution < -0.4 is 15.4 Å². The van der Waals surface area contributed by atoms with Crippen LogP contribution >= 0.6 is 34.8 Å². The number of nitrogens with zero attached hydrogens (tertiary/aromatic N) is 1. The minimum atomic E-state index is 0.0568. The van der Waals surface area contributed by atoms with E-state index in [0.717, 1.165) is 38.9 Å². The Morgan fingerprint density at radius 3 is 1.90 bits per heavy atom. The van der Waals surface area contributed by atoms with Crippen LogP contribution in [0.3, 0.4) is 0 Å². The lowest BCUT2D eigenvalue weighted by atomic mass is 9.96. The van der Waals surface area contributed by atoms with Gasteiger partial charge in [0.1, 0.15) is 0 Å². The van der Waals surface area contributed by atoms with Crippen LogP contribution in [0.1, 0.15) is 11.1 Å². The van der Waals surface area contributed by atoms with Crippen molar-refractivity contribution < 1.29 is 14.9 Å². The molecule has 0 amide bonds. The normalized spacial score (nSPS) is 11.1. The highest BCUT2D eigenvalue weighted by molar-refractivity contribution is 6.39. The van der Waals surface area contributed by atoms with Gasteiger partial charge in [0.2, 0.25) is 5.88 Å². The van der Waals surface area contributed by atoms with Crippen molar-refractivity contribution in [2.75, 3.05) is 33.4 Å². The minimum absolute atomic E-state index is 0.0568. The topological polar surface area (TPSA) is 86.6 Å². The summed E-state index contributed by atoms with van der Waals surface area (Å²) in [6.45, 7) is 2.20. The van der Waals surface area contributed by atoms with E-state index in [-0.39, 0.29) is 13.2 Å². The minimum Gasteiger partial charge on any atom is -0.481 e. The maximum atomic E-state index is 9.03. The summed E-state index contributed by atoms with van der Waals surface area (Å²) in [5.74, 6) is 0.492. The number of nitrogens with one attached hydrogen (secondary N) is 2. The zero-order valence-corrected chi connectivity index (χ0v) is 23.7. The SMILES string of the molecule is COc1nc(-c2cccc(-c3cccc(-c4ccc(CNCCO)c(Cl)c4)c3Cl)c2Cl)ccc1CNCCO. The molecule has 4 rings (SSSR count). The van der Waals surface area contributed by atoms with Crippen LogP contribution in [0.4, 0.5) is 0 Å². The second-order valence-corrected chi connectivity index (χ2v) is 9.97. The van der Waals surface area contributed by atoms with Crippen molar-refractivity contribution >= 4 is 34.8 Å². The Morgan fingerprint density at radius 2 is 1.28 bits per heavy atom. The summed E-state index contributed by atoms with van der Waals surface area (Å²) >= 11 is 20.5. The molecule has 0 saturated carbocycles. The number of hydrogen-bond acceptors (Lipinski definition) is 6. The summed E-state index contributed by atoms with van der Waals surface area (Å²) in [6, 6.07) is 21.3. The van der Waals surface area contributed by atoms with Crippen molar-refractivity contribution in [3.63, 3.8) is 0 Å². The molecule has 4 aromatic rings. The van der Waals surface area contributed by atoms with Gasteiger partial charge in [0, 0.05) is 59.0 Å². The molecule has 3 aromatic carbocycles. The van der Waals surface area contributed by atoms with Gasteiger partial charge in [-0.2, -0.15) is 0 Å². The van der Waals surface area contributed by atoms with Crippen molar-refractivity contribution in [1.82, 2.24) is 15.6 Å². The van der Waals surface area contributed by atoms with Crippen molar-refractivity contribution in [3.05, 3.63) is 92.9 Å². The molecule has 0 aliphatic heterocycles. The number of aromatic nitrogens is 1. The third-order valence-electron chi connectivity index (χ3n) is 6.27. The van der Waals surface area contributed by atoms with Crippen molar-refractivity contribution in [1.29, 1.82) is 0 Å². The average Bonchev–Trinajstić information content (AvgIpc) is 2.95. The molecule has 0 fully saturated rings. The summed E-state index contributed by atoms with van der Waals surface area (Å²) in [5.41, 5.74) is 6.56. The molecule has 204 valence electrons. The van der Waals surface area contributed by atoms with Crippen LogP contribution in [0.5, 0.6) is 5.88 Å². The third-order valence-corrected chi connectivity index (χ3v) is 7.43. The van der Waals surface area contributed by atoms with Gasteiger partial charge < -0.3 is 25.6 Å². The summed E-state index contributed by atoms with van der Waals surface area (Å²) in [5, 5.41) is 26.0. The van der Waals surface area contributed by atoms with Gasteiger partial charge in [0.15, 0.2) is 0 Å². The molecule has 4 N–H and O–H groups in total. The van der Waals surface area contributed by atoms with Gasteiger partial charge in [-0.1, -0.05) is 89.4 Å². The Labute approximate surface area is 243 Å². The second-order valence-electron chi connectivity index (χ2n) is 8.81. The molecule has 0 atom stereocenters. The first-order chi connectivity index (χ1) is 19.0. The van der Waals surface area contributed by atoms with E-state index in [2.05, 4.69) is 10.6 Å². The zero-order chi connectivity index (χ0) is 27.8. The Morgan fingerprint density at radius 1 is 0.718 bits per heavy atom. The van der Waals surface area contributed by atoms with Gasteiger partial charge in [-0.15, -0.1) is 0 Å². The van der Waals surface area contributed by atoms with Crippen LogP contribution in [-0.2, 0) is 13.1 Å². The molecular weight excluding hydrogens is 557 g/mol. The molecule has 0 aliphatic rings. The molecule has 0 saturated heterocycles. The van der Waals surface area contributed by atoms with Crippen molar-refractivity contribution in [3.8, 4) is 39.4 Å². The molecule has 0 unspecified atom stereocenters. The number of halogens is 3. The van der Waals surface area contributed by atoms with E-state index < -0.39 is 0 Å². The molecule has 6 nitrogen and oxygen atoms in total. The smallest absolute Gasteiger partial charge is 0.218 e. The van der Waals surface area contributed by atoms with Gasteiger partial charge in [0.05, 0.1) is 36.1 Å². The molecule has 9 heteroatoms. The average molecular weight is 587 g/mol. The van der Waals surface area contributed by atoms with Crippen LogP contribution in [0, 0.1) is 0 Å². The van der Waals surface area contributed by atoms with E-state index >= 15 is 0 Å². The second kappa shape index (κ2) is 14.1. The van der Waals surface area contributed by atoms with Crippen LogP contribution in [0.25, 0.3) is 33.5 Å². The number of pyridine rings is 1. The largest absolute Gasteiger partial charge is 0.481 e. The molecule has 0 aliphatic carbocycles. The Bertz CT molecular complexity index is 1430. The van der Waals surface area contributed by atoms with E-state index in [1.165, 1.54) is 0 Å². The van der Waals surface area contributed by atoms with E-state index in [9.17, 15) is 0 Å². The van der Waals surface area contributed by atoms with Crippen LogP contribution in [0.2, 0.25) is 15.1 Å². The van der Waals surface area contributed by atoms with Gasteiger partial charge in [0.25, 0.3) is 0 Å². The number of ether oxygens (including phenoxy) is 1. The van der Waals surface area contributed by atoms with E-state index in [4.69, 9.17) is 54.7 Å². The molecule has 0 bridgehead atoms. The lowest BCUT2D eigenvalue weighted by molar-refractivity contribution is 0.291. The highest BCUT2D eigenvalue weighted by atomic mass is 35.5. The van der Waals surface area contributed by atoms with Crippen LogP contribution in [-0.4, -0.2) is 48.6 Å². The van der Waals surface area contributed by atoms with Gasteiger partial charge in [-0.25, -0.2) is 4.98 Å². The van der Waals surface area contributed by atoms with Crippen molar-refractivity contribution in [2.24, 2.45) is 0 Å². The third kappa shape index (κ3) is 6.91. The zero-order valence-electron chi connectivity index (χ0n) is 21.5. The predicted octanol–water partition coefficient (Wildman–Crippen LogP) is 6.22. The lowest BCUT2D eigenvalue weighted by Gasteiger charge is -2.15. The van der Waals surface area contributed by atoms with E-state index in [1.807, 2.05) is 66.7 Å². The Kier molecular flexibility index (Phi) is 10.6. The monoisotopic (exact) mass is 585 g/mol. The summed E-state index contributed by atoms with van der Waals surface area (Å²) in [4.78, 5) is 4.69. The fraction of sp³-hybridized carbons (Fsp3) is 0.233. The number of benzene rings is 3. The maximum Gasteiger partial charge on any atom is 0.218 e. The summed E-state index contributed by atoms with van der Waals surface area (Å²) in [6.07, 6.45) is 0. The fourth-order valence-electron chi connectivity index (χ4n) is 4.29. The number of methoxy groups -OCH3 is 1. The standard InChI is InChI=1S/C30H30Cl3N3O3/c1-39-30-21(18-35-13-15-38)10-11-27(36-30)25-7-3-6-24(29(25)33)23-5-2-4-22(28(23)32)19-8-9-20(26(31)16-19)17-34-12-14-37/h2-11,16,34-35,37-38H,12-15,17-18H2,1H3. The molecule has 0 spiro atoms. The van der Waals surface area contributed by atoms with Gasteiger partial charge in [-0.3, -0.25) is 0 Å². The predicted molar refractivity (Wildman–Crippen MR) is 160 cm³/mol. The molecule has 39 heavy (non-hydrogen) atoms. The van der Waals surface area contributed by atoms with Crippen molar-refractivity contribution in [2.45, 2.75) is 13.1 Å². The maximum absolute atomic E-state index is 9.03. The van der Waals surface area contributed by atoms with E-state index in [1.54, 1.807) is 7.11 Å². The summed E-state index contributed by atoms with van der Waals surface area (Å²) < 4.78 is 5.52. The van der Waals surface area contributed by atoms with E-state index in [0.29, 0.717) is 52.8 Å². The Hall–Kier alpha value is -2.68. The number of aliphatic hydroxyl groups is 2. The molecule has 1 aromatic heterocycles.